The van der Waals surface area contributed by atoms with Gasteiger partial charge in [0.1, 0.15) is 5.75 Å². The van der Waals surface area contributed by atoms with Crippen LogP contribution in [-0.2, 0) is 0 Å². The van der Waals surface area contributed by atoms with Gasteiger partial charge >= 0.3 is 0 Å². The van der Waals surface area contributed by atoms with Crippen molar-refractivity contribution in [1.29, 1.82) is 0 Å². The van der Waals surface area contributed by atoms with E-state index in [4.69, 9.17) is 9.73 Å². The summed E-state index contributed by atoms with van der Waals surface area (Å²) in [6.07, 6.45) is 2.95. The highest BCUT2D eigenvalue weighted by Crippen LogP contribution is 2.26. The van der Waals surface area contributed by atoms with Crippen LogP contribution in [-0.4, -0.2) is 58.7 Å². The molecule has 0 saturated carbocycles. The molecule has 9 nitrogen and oxygen atoms in total. The number of anilines is 2. The Morgan fingerprint density at radius 1 is 1.06 bits per heavy atom. The van der Waals surface area contributed by atoms with Gasteiger partial charge in [-0.1, -0.05) is 6.07 Å². The number of fused-ring (bicyclic) bond motifs is 1. The van der Waals surface area contributed by atoms with E-state index in [2.05, 4.69) is 37.2 Å². The van der Waals surface area contributed by atoms with Crippen LogP contribution in [0, 0.1) is 6.92 Å². The lowest BCUT2D eigenvalue weighted by atomic mass is 10.2. The molecule has 1 aromatic carbocycles. The third-order valence-electron chi connectivity index (χ3n) is 5.79. The predicted octanol–water partition coefficient (Wildman–Crippen LogP) is 2.11. The second-order valence-corrected chi connectivity index (χ2v) is 7.84. The zero-order chi connectivity index (χ0) is 22.1. The number of benzene rings is 1. The lowest BCUT2D eigenvalue weighted by Gasteiger charge is -2.39. The first-order valence-electron chi connectivity index (χ1n) is 10.6. The number of aliphatic imine (C=N–C) groups is 1. The third-order valence-corrected chi connectivity index (χ3v) is 5.79. The van der Waals surface area contributed by atoms with Gasteiger partial charge in [-0.15, -0.1) is 0 Å². The van der Waals surface area contributed by atoms with E-state index < -0.39 is 6.17 Å². The van der Waals surface area contributed by atoms with E-state index in [9.17, 15) is 4.79 Å². The largest absolute Gasteiger partial charge is 0.497 e. The minimum absolute atomic E-state index is 0.138. The summed E-state index contributed by atoms with van der Waals surface area (Å²) in [5.41, 5.74) is 2.55. The van der Waals surface area contributed by atoms with Gasteiger partial charge in [0.25, 0.3) is 5.56 Å². The topological polar surface area (TPSA) is 87.9 Å². The highest BCUT2D eigenvalue weighted by atomic mass is 16.5. The second-order valence-electron chi connectivity index (χ2n) is 7.84. The molecule has 5 rings (SSSR count). The molecule has 1 saturated heterocycles. The molecule has 1 fully saturated rings. The van der Waals surface area contributed by atoms with Crippen molar-refractivity contribution < 1.29 is 4.74 Å². The van der Waals surface area contributed by atoms with E-state index >= 15 is 0 Å². The summed E-state index contributed by atoms with van der Waals surface area (Å²) in [6.45, 7) is 5.14. The zero-order valence-corrected chi connectivity index (χ0v) is 18.1. The van der Waals surface area contributed by atoms with Crippen LogP contribution in [0.4, 0.5) is 11.6 Å². The van der Waals surface area contributed by atoms with Crippen molar-refractivity contribution in [2.24, 2.45) is 4.99 Å². The number of pyridine rings is 1. The molecule has 2 aliphatic rings. The number of methoxy groups -OCH3 is 1. The van der Waals surface area contributed by atoms with Crippen molar-refractivity contribution in [3.8, 4) is 5.75 Å². The summed E-state index contributed by atoms with van der Waals surface area (Å²) in [5.74, 6) is 2.09. The quantitative estimate of drug-likeness (QED) is 0.680. The van der Waals surface area contributed by atoms with Gasteiger partial charge in [0, 0.05) is 61.6 Å². The molecule has 1 atom stereocenters. The minimum Gasteiger partial charge on any atom is -0.497 e. The number of ether oxygens (including phenoxy) is 1. The molecule has 0 aliphatic carbocycles. The zero-order valence-electron chi connectivity index (χ0n) is 18.1. The fourth-order valence-corrected chi connectivity index (χ4v) is 4.12. The van der Waals surface area contributed by atoms with Crippen LogP contribution in [0.1, 0.15) is 17.4 Å². The van der Waals surface area contributed by atoms with Crippen molar-refractivity contribution in [1.82, 2.24) is 19.4 Å². The summed E-state index contributed by atoms with van der Waals surface area (Å²) < 4.78 is 6.84. The first-order valence-corrected chi connectivity index (χ1v) is 10.6. The maximum Gasteiger partial charge on any atom is 0.257 e. The lowest BCUT2D eigenvalue weighted by Crippen LogP contribution is -2.52. The number of guanidine groups is 1. The molecular weight excluding hydrogens is 406 g/mol. The van der Waals surface area contributed by atoms with Gasteiger partial charge in [0.15, 0.2) is 6.17 Å². The number of aromatic nitrogens is 3. The van der Waals surface area contributed by atoms with E-state index in [0.717, 1.165) is 43.5 Å². The van der Waals surface area contributed by atoms with Crippen LogP contribution in [0.25, 0.3) is 0 Å². The highest BCUT2D eigenvalue weighted by Gasteiger charge is 2.29. The molecule has 9 heteroatoms. The predicted molar refractivity (Wildman–Crippen MR) is 123 cm³/mol. The van der Waals surface area contributed by atoms with Gasteiger partial charge < -0.3 is 14.5 Å². The summed E-state index contributed by atoms with van der Waals surface area (Å²) >= 11 is 0. The Kier molecular flexibility index (Phi) is 5.22. The van der Waals surface area contributed by atoms with Gasteiger partial charge in [-0.25, -0.2) is 9.98 Å². The average molecular weight is 432 g/mol. The molecule has 0 unspecified atom stereocenters. The number of nitrogens with one attached hydrogen (secondary N) is 1. The molecule has 0 bridgehead atoms. The average Bonchev–Trinajstić information content (AvgIpc) is 2.84. The van der Waals surface area contributed by atoms with E-state index in [-0.39, 0.29) is 5.56 Å². The van der Waals surface area contributed by atoms with Crippen LogP contribution in [0.15, 0.2) is 64.6 Å². The maximum atomic E-state index is 12.8. The standard InChI is InChI=1S/C23H25N7O2/c1-16-14-20(31)30-21(17-4-3-9-24-15-17)26-22(27-23(30)25-16)29-12-10-28(11-13-29)18-5-7-19(32-2)8-6-18/h3-9,14-15,21H,10-13H2,1-2H3,(H,25,26,27)/t21-/m1/s1. The summed E-state index contributed by atoms with van der Waals surface area (Å²) in [7, 11) is 1.67. The summed E-state index contributed by atoms with van der Waals surface area (Å²) in [4.78, 5) is 31.0. The van der Waals surface area contributed by atoms with Gasteiger partial charge in [0.05, 0.1) is 7.11 Å². The van der Waals surface area contributed by atoms with Crippen molar-refractivity contribution in [3.63, 3.8) is 0 Å². The van der Waals surface area contributed by atoms with Gasteiger partial charge in [0.2, 0.25) is 11.9 Å². The number of piperazine rings is 1. The summed E-state index contributed by atoms with van der Waals surface area (Å²) in [5, 5.41) is 3.29. The van der Waals surface area contributed by atoms with Crippen LogP contribution in [0.2, 0.25) is 0 Å². The monoisotopic (exact) mass is 431 g/mol. The van der Waals surface area contributed by atoms with E-state index in [0.29, 0.717) is 11.6 Å². The Morgan fingerprint density at radius 3 is 2.50 bits per heavy atom. The molecule has 0 amide bonds. The van der Waals surface area contributed by atoms with Gasteiger partial charge in [-0.3, -0.25) is 19.7 Å². The van der Waals surface area contributed by atoms with Crippen LogP contribution in [0.3, 0.4) is 0 Å². The number of hydrogen-bond acceptors (Lipinski definition) is 8. The Morgan fingerprint density at radius 2 is 1.81 bits per heavy atom. The second kappa shape index (κ2) is 8.33. The Balaban J connectivity index is 1.40. The third kappa shape index (κ3) is 3.77. The Hall–Kier alpha value is -3.88. The molecule has 1 N–H and O–H groups in total. The number of nitrogens with zero attached hydrogens (tertiary/aromatic N) is 6. The lowest BCUT2D eigenvalue weighted by molar-refractivity contribution is 0.376. The number of aryl methyl sites for hydroxylation is 1. The highest BCUT2D eigenvalue weighted by molar-refractivity contribution is 5.93. The molecule has 32 heavy (non-hydrogen) atoms. The fraction of sp³-hybridized carbons (Fsp3) is 0.304. The summed E-state index contributed by atoms with van der Waals surface area (Å²) in [6, 6.07) is 13.4. The first kappa shape index (κ1) is 20.0. The van der Waals surface area contributed by atoms with Crippen LogP contribution in [0.5, 0.6) is 5.75 Å². The Bertz CT molecular complexity index is 1180. The molecule has 3 aromatic rings. The molecule has 4 heterocycles. The van der Waals surface area contributed by atoms with Gasteiger partial charge in [-0.2, -0.15) is 0 Å². The minimum atomic E-state index is -0.504. The van der Waals surface area contributed by atoms with Crippen molar-refractivity contribution >= 4 is 17.6 Å². The van der Waals surface area contributed by atoms with Gasteiger partial charge in [-0.05, 0) is 37.3 Å². The SMILES string of the molecule is COc1ccc(N2CCN(C3=N[C@@H](c4cccnc4)n4c(nc(C)cc4=O)N3)CC2)cc1. The van der Waals surface area contributed by atoms with Crippen LogP contribution >= 0.6 is 0 Å². The number of rotatable bonds is 3. The van der Waals surface area contributed by atoms with E-state index in [1.165, 1.54) is 11.8 Å². The van der Waals surface area contributed by atoms with E-state index in [1.54, 1.807) is 24.1 Å². The molecule has 0 radical (unpaired) electrons. The molecule has 164 valence electrons. The first-order chi connectivity index (χ1) is 15.6. The fourth-order valence-electron chi connectivity index (χ4n) is 4.12. The Labute approximate surface area is 186 Å². The van der Waals surface area contributed by atoms with Crippen LogP contribution < -0.4 is 20.5 Å². The maximum absolute atomic E-state index is 12.8. The van der Waals surface area contributed by atoms with Crippen molar-refractivity contribution in [2.75, 3.05) is 43.5 Å². The smallest absolute Gasteiger partial charge is 0.257 e. The molecule has 2 aromatic heterocycles. The van der Waals surface area contributed by atoms with Crippen molar-refractivity contribution in [3.05, 3.63) is 76.5 Å². The van der Waals surface area contributed by atoms with Crippen molar-refractivity contribution in [2.45, 2.75) is 13.1 Å². The molecule has 0 spiro atoms. The molecular formula is C23H25N7O2. The molecule has 2 aliphatic heterocycles. The van der Waals surface area contributed by atoms with E-state index in [1.807, 2.05) is 31.2 Å². The number of hydrogen-bond donors (Lipinski definition) is 1. The normalized spacial score (nSPS) is 17.9.